The van der Waals surface area contributed by atoms with Gasteiger partial charge in [0, 0.05) is 31.0 Å². The van der Waals surface area contributed by atoms with Crippen molar-refractivity contribution in [2.45, 2.75) is 6.42 Å². The molecule has 0 aliphatic rings. The number of nitrogens with zero attached hydrogens (tertiary/aromatic N) is 1. The first-order chi connectivity index (χ1) is 13.3. The number of hydrogen-bond donors (Lipinski definition) is 2. The van der Waals surface area contributed by atoms with E-state index in [1.54, 1.807) is 26.4 Å². The second-order valence-electron chi connectivity index (χ2n) is 6.62. The number of nitrogens with one attached hydrogen (secondary N) is 2. The summed E-state index contributed by atoms with van der Waals surface area (Å²) in [5.74, 6) is 1.49. The second kappa shape index (κ2) is 10.2. The van der Waals surface area contributed by atoms with Crippen molar-refractivity contribution in [2.75, 3.05) is 57.2 Å². The second-order valence-corrected chi connectivity index (χ2v) is 8.37. The van der Waals surface area contributed by atoms with Gasteiger partial charge in [-0.05, 0) is 55.4 Å². The van der Waals surface area contributed by atoms with E-state index >= 15 is 0 Å². The van der Waals surface area contributed by atoms with Crippen LogP contribution in [-0.2, 0) is 16.4 Å². The molecule has 0 aliphatic carbocycles. The molecule has 7 nitrogen and oxygen atoms in total. The molecular weight excluding hydrogens is 378 g/mol. The van der Waals surface area contributed by atoms with Gasteiger partial charge in [0.15, 0.2) is 11.5 Å². The van der Waals surface area contributed by atoms with Crippen LogP contribution in [0, 0.1) is 0 Å². The fraction of sp³-hybridized carbons (Fsp3) is 0.400. The topological polar surface area (TPSA) is 79.9 Å². The van der Waals surface area contributed by atoms with Crippen LogP contribution in [0.4, 0.5) is 11.4 Å². The van der Waals surface area contributed by atoms with Gasteiger partial charge in [-0.15, -0.1) is 0 Å². The number of rotatable bonds is 11. The summed E-state index contributed by atoms with van der Waals surface area (Å²) in [5.41, 5.74) is 2.71. The standard InChI is InChI=1S/C20H29N3O4S/c1-23(13-11-16-5-10-19(26-2)20(15-16)27-3)14-12-21-17-6-8-18(9-7-17)22-28(4,24)25/h5-10,15,21-22H,11-14H2,1-4H3. The van der Waals surface area contributed by atoms with Gasteiger partial charge in [0.25, 0.3) is 0 Å². The van der Waals surface area contributed by atoms with Gasteiger partial charge in [0.1, 0.15) is 0 Å². The lowest BCUT2D eigenvalue weighted by Gasteiger charge is -2.18. The van der Waals surface area contributed by atoms with E-state index in [0.717, 1.165) is 49.5 Å². The Morgan fingerprint density at radius 1 is 0.929 bits per heavy atom. The van der Waals surface area contributed by atoms with Crippen LogP contribution in [0.1, 0.15) is 5.56 Å². The summed E-state index contributed by atoms with van der Waals surface area (Å²) in [4.78, 5) is 2.25. The number of anilines is 2. The first-order valence-electron chi connectivity index (χ1n) is 9.02. The molecule has 154 valence electrons. The molecule has 0 bridgehead atoms. The first-order valence-corrected chi connectivity index (χ1v) is 10.9. The minimum absolute atomic E-state index is 0.556. The van der Waals surface area contributed by atoms with Gasteiger partial charge >= 0.3 is 0 Å². The van der Waals surface area contributed by atoms with E-state index in [-0.39, 0.29) is 0 Å². The van der Waals surface area contributed by atoms with Crippen molar-refractivity contribution in [1.29, 1.82) is 0 Å². The van der Waals surface area contributed by atoms with E-state index in [1.807, 2.05) is 24.3 Å². The van der Waals surface area contributed by atoms with Crippen molar-refractivity contribution in [3.05, 3.63) is 48.0 Å². The Morgan fingerprint density at radius 2 is 1.57 bits per heavy atom. The molecule has 2 aromatic rings. The molecule has 0 saturated carbocycles. The monoisotopic (exact) mass is 407 g/mol. The molecule has 2 aromatic carbocycles. The molecule has 0 heterocycles. The summed E-state index contributed by atoms with van der Waals surface area (Å²) < 4.78 is 35.5. The van der Waals surface area contributed by atoms with Crippen LogP contribution >= 0.6 is 0 Å². The highest BCUT2D eigenvalue weighted by molar-refractivity contribution is 7.92. The number of hydrogen-bond acceptors (Lipinski definition) is 6. The van der Waals surface area contributed by atoms with E-state index in [4.69, 9.17) is 9.47 Å². The van der Waals surface area contributed by atoms with Crippen LogP contribution in [0.2, 0.25) is 0 Å². The molecule has 0 atom stereocenters. The number of methoxy groups -OCH3 is 2. The van der Waals surface area contributed by atoms with Gasteiger partial charge in [0.05, 0.1) is 20.5 Å². The summed E-state index contributed by atoms with van der Waals surface area (Å²) in [5, 5.41) is 3.34. The van der Waals surface area contributed by atoms with Crippen LogP contribution in [0.25, 0.3) is 0 Å². The Kier molecular flexibility index (Phi) is 7.95. The maximum absolute atomic E-state index is 11.2. The Bertz CT molecular complexity index is 854. The molecular formula is C20H29N3O4S. The minimum Gasteiger partial charge on any atom is -0.493 e. The van der Waals surface area contributed by atoms with Gasteiger partial charge in [-0.1, -0.05) is 6.07 Å². The molecule has 0 aliphatic heterocycles. The molecule has 0 spiro atoms. The van der Waals surface area contributed by atoms with Crippen molar-refractivity contribution in [1.82, 2.24) is 4.90 Å². The molecule has 2 N–H and O–H groups in total. The van der Waals surface area contributed by atoms with Crippen LogP contribution in [0.15, 0.2) is 42.5 Å². The minimum atomic E-state index is -3.25. The first kappa shape index (κ1) is 21.8. The number of benzene rings is 2. The van der Waals surface area contributed by atoms with Crippen molar-refractivity contribution in [2.24, 2.45) is 0 Å². The molecule has 0 unspecified atom stereocenters. The van der Waals surface area contributed by atoms with Crippen LogP contribution in [-0.4, -0.2) is 60.5 Å². The van der Waals surface area contributed by atoms with Gasteiger partial charge in [0.2, 0.25) is 10.0 Å². The van der Waals surface area contributed by atoms with Crippen molar-refractivity contribution >= 4 is 21.4 Å². The molecule has 0 aromatic heterocycles. The zero-order valence-corrected chi connectivity index (χ0v) is 17.7. The molecule has 0 amide bonds. The third-order valence-electron chi connectivity index (χ3n) is 4.24. The van der Waals surface area contributed by atoms with Gasteiger partial charge in [-0.25, -0.2) is 8.42 Å². The van der Waals surface area contributed by atoms with E-state index in [0.29, 0.717) is 5.69 Å². The fourth-order valence-corrected chi connectivity index (χ4v) is 3.29. The van der Waals surface area contributed by atoms with Gasteiger partial charge in [-0.2, -0.15) is 0 Å². The fourth-order valence-electron chi connectivity index (χ4n) is 2.73. The third-order valence-corrected chi connectivity index (χ3v) is 4.85. The van der Waals surface area contributed by atoms with E-state index < -0.39 is 10.0 Å². The average Bonchev–Trinajstić information content (AvgIpc) is 2.66. The lowest BCUT2D eigenvalue weighted by Crippen LogP contribution is -2.27. The van der Waals surface area contributed by atoms with E-state index in [2.05, 4.69) is 28.1 Å². The largest absolute Gasteiger partial charge is 0.493 e. The zero-order chi connectivity index (χ0) is 20.6. The predicted molar refractivity (Wildman–Crippen MR) is 114 cm³/mol. The number of ether oxygens (including phenoxy) is 2. The molecule has 0 radical (unpaired) electrons. The lowest BCUT2D eigenvalue weighted by molar-refractivity contribution is 0.347. The Morgan fingerprint density at radius 3 is 2.18 bits per heavy atom. The third kappa shape index (κ3) is 7.28. The highest BCUT2D eigenvalue weighted by Crippen LogP contribution is 2.27. The maximum atomic E-state index is 11.2. The molecule has 0 saturated heterocycles. The summed E-state index contributed by atoms with van der Waals surface area (Å²) >= 11 is 0. The van der Waals surface area contributed by atoms with Gasteiger partial charge in [-0.3, -0.25) is 4.72 Å². The predicted octanol–water partition coefficient (Wildman–Crippen LogP) is 2.66. The van der Waals surface area contributed by atoms with Crippen molar-refractivity contribution in [3.8, 4) is 11.5 Å². The quantitative estimate of drug-likeness (QED) is 0.596. The summed E-state index contributed by atoms with van der Waals surface area (Å²) in [6.07, 6.45) is 2.06. The SMILES string of the molecule is COc1ccc(CCN(C)CCNc2ccc(NS(C)(=O)=O)cc2)cc1OC. The highest BCUT2D eigenvalue weighted by atomic mass is 32.2. The maximum Gasteiger partial charge on any atom is 0.229 e. The van der Waals surface area contributed by atoms with Crippen molar-refractivity contribution < 1.29 is 17.9 Å². The zero-order valence-electron chi connectivity index (χ0n) is 16.9. The summed E-state index contributed by atoms with van der Waals surface area (Å²) in [6, 6.07) is 13.2. The smallest absolute Gasteiger partial charge is 0.229 e. The number of sulfonamides is 1. The molecule has 28 heavy (non-hydrogen) atoms. The molecule has 2 rings (SSSR count). The number of likely N-dealkylation sites (N-methyl/N-ethyl adjacent to an activating group) is 1. The average molecular weight is 408 g/mol. The molecule has 0 fully saturated rings. The van der Waals surface area contributed by atoms with Crippen LogP contribution in [0.5, 0.6) is 11.5 Å². The summed E-state index contributed by atoms with van der Waals surface area (Å²) in [7, 11) is 2.11. The van der Waals surface area contributed by atoms with Gasteiger partial charge < -0.3 is 19.7 Å². The van der Waals surface area contributed by atoms with E-state index in [9.17, 15) is 8.42 Å². The van der Waals surface area contributed by atoms with Crippen LogP contribution in [0.3, 0.4) is 0 Å². The molecule has 8 heteroatoms. The van der Waals surface area contributed by atoms with Crippen molar-refractivity contribution in [3.63, 3.8) is 0 Å². The van der Waals surface area contributed by atoms with Crippen LogP contribution < -0.4 is 19.5 Å². The Balaban J connectivity index is 1.75. The van der Waals surface area contributed by atoms with E-state index in [1.165, 1.54) is 5.56 Å². The Hall–Kier alpha value is -2.45. The summed E-state index contributed by atoms with van der Waals surface area (Å²) in [6.45, 7) is 2.60. The Labute approximate surface area is 167 Å². The normalized spacial score (nSPS) is 11.3. The highest BCUT2D eigenvalue weighted by Gasteiger charge is 2.06. The lowest BCUT2D eigenvalue weighted by atomic mass is 10.1.